The molecule has 0 bridgehead atoms. The average molecular weight is 294 g/mol. The van der Waals surface area contributed by atoms with E-state index in [1.807, 2.05) is 24.3 Å². The number of carbonyl (C=O) groups excluding carboxylic acids is 1. The second-order valence-electron chi connectivity index (χ2n) is 4.98. The molecule has 5 heteroatoms. The van der Waals surface area contributed by atoms with Gasteiger partial charge in [0, 0.05) is 11.4 Å². The number of piperidine rings is 1. The van der Waals surface area contributed by atoms with Crippen LogP contribution in [0.2, 0.25) is 0 Å². The summed E-state index contributed by atoms with van der Waals surface area (Å²) in [6.45, 7) is 2.91. The summed E-state index contributed by atoms with van der Waals surface area (Å²) in [7, 11) is 1.65. The number of amides is 1. The van der Waals surface area contributed by atoms with Crippen molar-refractivity contribution in [3.63, 3.8) is 0 Å². The molecule has 1 aliphatic heterocycles. The Labute approximate surface area is 124 Å². The molecule has 1 amide bonds. The minimum absolute atomic E-state index is 0.100. The standard InChI is InChI=1S/C15H22N2O2S/c1-19-13-5-2-6-14(8-13)20-11-15(18)17-10-12-4-3-7-16-9-12/h2,5-6,8,12,16H,3-4,7,9-11H2,1H3,(H,17,18). The van der Waals surface area contributed by atoms with E-state index < -0.39 is 0 Å². The quantitative estimate of drug-likeness (QED) is 0.787. The van der Waals surface area contributed by atoms with E-state index in [-0.39, 0.29) is 5.91 Å². The van der Waals surface area contributed by atoms with Crippen LogP contribution < -0.4 is 15.4 Å². The van der Waals surface area contributed by atoms with E-state index in [2.05, 4.69) is 10.6 Å². The fourth-order valence-electron chi connectivity index (χ4n) is 2.25. The van der Waals surface area contributed by atoms with Gasteiger partial charge in [-0.2, -0.15) is 0 Å². The van der Waals surface area contributed by atoms with E-state index in [9.17, 15) is 4.79 Å². The van der Waals surface area contributed by atoms with Gasteiger partial charge in [-0.3, -0.25) is 4.79 Å². The summed E-state index contributed by atoms with van der Waals surface area (Å²) in [5.74, 6) is 1.95. The predicted molar refractivity (Wildman–Crippen MR) is 82.3 cm³/mol. The van der Waals surface area contributed by atoms with Gasteiger partial charge < -0.3 is 15.4 Å². The van der Waals surface area contributed by atoms with Gasteiger partial charge in [-0.25, -0.2) is 0 Å². The van der Waals surface area contributed by atoms with Crippen LogP contribution in [0.25, 0.3) is 0 Å². The zero-order chi connectivity index (χ0) is 14.2. The van der Waals surface area contributed by atoms with Crippen LogP contribution in [-0.4, -0.2) is 38.4 Å². The Hall–Kier alpha value is -1.20. The smallest absolute Gasteiger partial charge is 0.230 e. The van der Waals surface area contributed by atoms with Crippen molar-refractivity contribution < 1.29 is 9.53 Å². The van der Waals surface area contributed by atoms with Gasteiger partial charge in [0.15, 0.2) is 0 Å². The lowest BCUT2D eigenvalue weighted by Gasteiger charge is -2.22. The molecule has 0 spiro atoms. The molecule has 0 radical (unpaired) electrons. The van der Waals surface area contributed by atoms with Crippen LogP contribution in [-0.2, 0) is 4.79 Å². The van der Waals surface area contributed by atoms with Crippen LogP contribution in [0.4, 0.5) is 0 Å². The fourth-order valence-corrected chi connectivity index (χ4v) is 3.02. The van der Waals surface area contributed by atoms with Crippen molar-refractivity contribution in [1.29, 1.82) is 0 Å². The van der Waals surface area contributed by atoms with E-state index in [4.69, 9.17) is 4.74 Å². The number of hydrogen-bond donors (Lipinski definition) is 2. The van der Waals surface area contributed by atoms with Crippen LogP contribution in [0.1, 0.15) is 12.8 Å². The number of rotatable bonds is 6. The highest BCUT2D eigenvalue weighted by Gasteiger charge is 2.13. The second kappa shape index (κ2) is 8.17. The van der Waals surface area contributed by atoms with Gasteiger partial charge in [-0.05, 0) is 50.0 Å². The van der Waals surface area contributed by atoms with Crippen molar-refractivity contribution in [2.24, 2.45) is 5.92 Å². The summed E-state index contributed by atoms with van der Waals surface area (Å²) in [5, 5.41) is 6.38. The van der Waals surface area contributed by atoms with Gasteiger partial charge in [0.25, 0.3) is 0 Å². The van der Waals surface area contributed by atoms with E-state index in [1.54, 1.807) is 7.11 Å². The maximum atomic E-state index is 11.8. The lowest BCUT2D eigenvalue weighted by Crippen LogP contribution is -2.38. The number of carbonyl (C=O) groups is 1. The molecule has 2 rings (SSSR count). The Bertz CT molecular complexity index is 434. The fraction of sp³-hybridized carbons (Fsp3) is 0.533. The third-order valence-corrected chi connectivity index (χ3v) is 4.39. The van der Waals surface area contributed by atoms with Crippen molar-refractivity contribution in [1.82, 2.24) is 10.6 Å². The number of ether oxygens (including phenoxy) is 1. The van der Waals surface area contributed by atoms with Gasteiger partial charge in [-0.15, -0.1) is 11.8 Å². The Morgan fingerprint density at radius 3 is 3.20 bits per heavy atom. The van der Waals surface area contributed by atoms with E-state index in [0.717, 1.165) is 30.3 Å². The molecule has 20 heavy (non-hydrogen) atoms. The van der Waals surface area contributed by atoms with Crippen molar-refractivity contribution in [3.05, 3.63) is 24.3 Å². The molecular formula is C15H22N2O2S. The summed E-state index contributed by atoms with van der Waals surface area (Å²) in [6, 6.07) is 7.78. The minimum Gasteiger partial charge on any atom is -0.497 e. The first-order chi connectivity index (χ1) is 9.78. The summed E-state index contributed by atoms with van der Waals surface area (Å²) in [4.78, 5) is 12.9. The summed E-state index contributed by atoms with van der Waals surface area (Å²) in [6.07, 6.45) is 2.41. The minimum atomic E-state index is 0.100. The summed E-state index contributed by atoms with van der Waals surface area (Å²) < 4.78 is 5.17. The maximum absolute atomic E-state index is 11.8. The predicted octanol–water partition coefficient (Wildman–Crippen LogP) is 1.90. The number of nitrogens with one attached hydrogen (secondary N) is 2. The summed E-state index contributed by atoms with van der Waals surface area (Å²) >= 11 is 1.54. The first kappa shape index (κ1) is 15.2. The Morgan fingerprint density at radius 2 is 2.45 bits per heavy atom. The highest BCUT2D eigenvalue weighted by molar-refractivity contribution is 8.00. The molecule has 1 aliphatic rings. The molecule has 1 saturated heterocycles. The number of thioether (sulfide) groups is 1. The van der Waals surface area contributed by atoms with Crippen LogP contribution in [0.15, 0.2) is 29.2 Å². The normalized spacial score (nSPS) is 18.6. The van der Waals surface area contributed by atoms with Crippen LogP contribution >= 0.6 is 11.8 Å². The molecule has 1 unspecified atom stereocenters. The van der Waals surface area contributed by atoms with Gasteiger partial charge in [0.2, 0.25) is 5.91 Å². The van der Waals surface area contributed by atoms with Crippen molar-refractivity contribution >= 4 is 17.7 Å². The van der Waals surface area contributed by atoms with Gasteiger partial charge in [-0.1, -0.05) is 6.07 Å². The first-order valence-electron chi connectivity index (χ1n) is 7.02. The first-order valence-corrected chi connectivity index (χ1v) is 8.01. The SMILES string of the molecule is COc1cccc(SCC(=O)NCC2CCCNC2)c1. The third kappa shape index (κ3) is 5.06. The third-order valence-electron chi connectivity index (χ3n) is 3.40. The van der Waals surface area contributed by atoms with E-state index >= 15 is 0 Å². The molecule has 0 aliphatic carbocycles. The zero-order valence-electron chi connectivity index (χ0n) is 11.9. The molecule has 110 valence electrons. The van der Waals surface area contributed by atoms with Crippen LogP contribution in [0.3, 0.4) is 0 Å². The Balaban J connectivity index is 1.68. The largest absolute Gasteiger partial charge is 0.497 e. The second-order valence-corrected chi connectivity index (χ2v) is 6.03. The molecule has 1 fully saturated rings. The molecule has 1 aromatic rings. The lowest BCUT2D eigenvalue weighted by molar-refractivity contribution is -0.118. The zero-order valence-corrected chi connectivity index (χ0v) is 12.7. The van der Waals surface area contributed by atoms with Gasteiger partial charge >= 0.3 is 0 Å². The van der Waals surface area contributed by atoms with Gasteiger partial charge in [0.05, 0.1) is 12.9 Å². The van der Waals surface area contributed by atoms with Crippen molar-refractivity contribution in [2.75, 3.05) is 32.5 Å². The average Bonchev–Trinajstić information content (AvgIpc) is 2.52. The highest BCUT2D eigenvalue weighted by Crippen LogP contribution is 2.22. The number of benzene rings is 1. The number of hydrogen-bond acceptors (Lipinski definition) is 4. The maximum Gasteiger partial charge on any atom is 0.230 e. The molecule has 2 N–H and O–H groups in total. The monoisotopic (exact) mass is 294 g/mol. The topological polar surface area (TPSA) is 50.4 Å². The molecule has 0 aromatic heterocycles. The highest BCUT2D eigenvalue weighted by atomic mass is 32.2. The van der Waals surface area contributed by atoms with Crippen LogP contribution in [0.5, 0.6) is 5.75 Å². The van der Waals surface area contributed by atoms with E-state index in [1.165, 1.54) is 24.6 Å². The van der Waals surface area contributed by atoms with Crippen LogP contribution in [0, 0.1) is 5.92 Å². The Morgan fingerprint density at radius 1 is 1.55 bits per heavy atom. The van der Waals surface area contributed by atoms with Crippen molar-refractivity contribution in [3.8, 4) is 5.75 Å². The molecular weight excluding hydrogens is 272 g/mol. The molecule has 4 nitrogen and oxygen atoms in total. The number of methoxy groups -OCH3 is 1. The van der Waals surface area contributed by atoms with Crippen molar-refractivity contribution in [2.45, 2.75) is 17.7 Å². The van der Waals surface area contributed by atoms with E-state index in [0.29, 0.717) is 11.7 Å². The molecule has 1 heterocycles. The summed E-state index contributed by atoms with van der Waals surface area (Å²) in [5.41, 5.74) is 0. The molecule has 0 saturated carbocycles. The molecule has 1 atom stereocenters. The Kier molecular flexibility index (Phi) is 6.21. The van der Waals surface area contributed by atoms with Gasteiger partial charge in [0.1, 0.15) is 5.75 Å². The lowest BCUT2D eigenvalue weighted by atomic mass is 10.00. The molecule has 1 aromatic carbocycles.